The molecule has 1 N–H and O–H groups in total. The normalized spacial score (nSPS) is 15.5. The van der Waals surface area contributed by atoms with Crippen molar-refractivity contribution in [2.24, 2.45) is 0 Å². The molecule has 1 unspecified atom stereocenters. The number of aromatic nitrogens is 3. The minimum Gasteiger partial charge on any atom is -0.497 e. The lowest BCUT2D eigenvalue weighted by Crippen LogP contribution is -2.14. The molecule has 0 radical (unpaired) electrons. The number of benzene rings is 3. The largest absolute Gasteiger partial charge is 0.497 e. The van der Waals surface area contributed by atoms with E-state index >= 15 is 0 Å². The lowest BCUT2D eigenvalue weighted by molar-refractivity contribution is 0.415. The van der Waals surface area contributed by atoms with E-state index in [-0.39, 0.29) is 5.37 Å². The van der Waals surface area contributed by atoms with E-state index in [1.165, 1.54) is 16.3 Å². The lowest BCUT2D eigenvalue weighted by atomic mass is 10.0. The van der Waals surface area contributed by atoms with Gasteiger partial charge in [-0.1, -0.05) is 41.6 Å². The highest BCUT2D eigenvalue weighted by Crippen LogP contribution is 2.43. The first-order chi connectivity index (χ1) is 13.6. The molecule has 2 heterocycles. The van der Waals surface area contributed by atoms with Gasteiger partial charge in [-0.15, -0.1) is 10.2 Å². The minimum absolute atomic E-state index is 0.0279. The number of fused-ring (bicyclic) bond motifs is 2. The minimum atomic E-state index is -0.0279. The molecule has 0 saturated carbocycles. The maximum atomic E-state index is 6.64. The van der Waals surface area contributed by atoms with E-state index in [1.807, 2.05) is 35.0 Å². The predicted octanol–water partition coefficient (Wildman–Crippen LogP) is 5.42. The average Bonchev–Trinajstić information content (AvgIpc) is 3.29. The van der Waals surface area contributed by atoms with Crippen molar-refractivity contribution in [1.29, 1.82) is 0 Å². The number of halogens is 1. The Kier molecular flexibility index (Phi) is 4.18. The van der Waals surface area contributed by atoms with E-state index in [1.54, 1.807) is 18.9 Å². The van der Waals surface area contributed by atoms with Gasteiger partial charge in [-0.3, -0.25) is 0 Å². The van der Waals surface area contributed by atoms with Crippen molar-refractivity contribution in [2.45, 2.75) is 17.5 Å². The first-order valence-electron chi connectivity index (χ1n) is 8.86. The molecule has 5 nitrogen and oxygen atoms in total. The van der Waals surface area contributed by atoms with E-state index in [9.17, 15) is 0 Å². The number of thioether (sulfide) groups is 1. The Hall–Kier alpha value is -2.70. The Balaban J connectivity index is 1.50. The average molecular weight is 409 g/mol. The van der Waals surface area contributed by atoms with E-state index in [0.717, 1.165) is 32.9 Å². The molecule has 0 amide bonds. The fourth-order valence-electron chi connectivity index (χ4n) is 3.45. The SMILES string of the molecule is COc1ccc(-c2nnc3n2NC(c2cc4cccc(C)c4cc2Cl)S3)cc1. The molecule has 28 heavy (non-hydrogen) atoms. The van der Waals surface area contributed by atoms with Crippen molar-refractivity contribution >= 4 is 34.1 Å². The molecule has 1 atom stereocenters. The molecular formula is C21H17ClN4OS. The second-order valence-corrected chi connectivity index (χ2v) is 8.15. The highest BCUT2D eigenvalue weighted by Gasteiger charge is 2.29. The van der Waals surface area contributed by atoms with Gasteiger partial charge in [-0.05, 0) is 59.7 Å². The number of nitrogens with one attached hydrogen (secondary N) is 1. The number of ether oxygens (including phenoxy) is 1. The summed E-state index contributed by atoms with van der Waals surface area (Å²) in [6.45, 7) is 2.10. The monoisotopic (exact) mass is 408 g/mol. The van der Waals surface area contributed by atoms with Gasteiger partial charge >= 0.3 is 0 Å². The summed E-state index contributed by atoms with van der Waals surface area (Å²) in [4.78, 5) is 0. The highest BCUT2D eigenvalue weighted by molar-refractivity contribution is 7.99. The van der Waals surface area contributed by atoms with Crippen LogP contribution in [0.2, 0.25) is 5.02 Å². The predicted molar refractivity (Wildman–Crippen MR) is 114 cm³/mol. The Morgan fingerprint density at radius 3 is 2.71 bits per heavy atom. The highest BCUT2D eigenvalue weighted by atomic mass is 35.5. The first kappa shape index (κ1) is 17.4. The Bertz CT molecular complexity index is 1190. The van der Waals surface area contributed by atoms with Crippen molar-refractivity contribution in [3.05, 3.63) is 70.7 Å². The number of aryl methyl sites for hydroxylation is 1. The first-order valence-corrected chi connectivity index (χ1v) is 10.1. The zero-order valence-electron chi connectivity index (χ0n) is 15.3. The van der Waals surface area contributed by atoms with Crippen molar-refractivity contribution in [3.8, 4) is 17.1 Å². The molecule has 1 aromatic heterocycles. The zero-order chi connectivity index (χ0) is 19.3. The van der Waals surface area contributed by atoms with Gasteiger partial charge in [0.15, 0.2) is 5.82 Å². The second-order valence-electron chi connectivity index (χ2n) is 6.67. The lowest BCUT2D eigenvalue weighted by Gasteiger charge is -2.15. The van der Waals surface area contributed by atoms with Gasteiger partial charge in [-0.2, -0.15) is 0 Å². The number of rotatable bonds is 3. The summed E-state index contributed by atoms with van der Waals surface area (Å²) in [7, 11) is 1.65. The summed E-state index contributed by atoms with van der Waals surface area (Å²) in [5.41, 5.74) is 6.71. The third-order valence-corrected chi connectivity index (χ3v) is 6.35. The Morgan fingerprint density at radius 2 is 1.93 bits per heavy atom. The number of hydrogen-bond donors (Lipinski definition) is 1. The van der Waals surface area contributed by atoms with Crippen LogP contribution in [0.1, 0.15) is 16.5 Å². The summed E-state index contributed by atoms with van der Waals surface area (Å²) in [5, 5.41) is 12.6. The van der Waals surface area contributed by atoms with E-state index < -0.39 is 0 Å². The molecule has 1 aliphatic heterocycles. The molecule has 0 aliphatic carbocycles. The van der Waals surface area contributed by atoms with Crippen LogP contribution >= 0.6 is 23.4 Å². The summed E-state index contributed by atoms with van der Waals surface area (Å²) >= 11 is 8.25. The number of methoxy groups -OCH3 is 1. The van der Waals surface area contributed by atoms with Crippen LogP contribution < -0.4 is 10.2 Å². The fraction of sp³-hybridized carbons (Fsp3) is 0.143. The zero-order valence-corrected chi connectivity index (χ0v) is 16.9. The van der Waals surface area contributed by atoms with E-state index in [0.29, 0.717) is 0 Å². The standard InChI is InChI=1S/C21H17ClN4OS/c1-12-4-3-5-14-10-17(18(22)11-16(12)14)20-25-26-19(23-24-21(26)28-20)13-6-8-15(27-2)9-7-13/h3-11,20,25H,1-2H3. The van der Waals surface area contributed by atoms with Crippen molar-refractivity contribution in [3.63, 3.8) is 0 Å². The molecule has 1 aliphatic rings. The van der Waals surface area contributed by atoms with Gasteiger partial charge < -0.3 is 10.2 Å². The van der Waals surface area contributed by atoms with E-state index in [4.69, 9.17) is 16.3 Å². The van der Waals surface area contributed by atoms with Crippen LogP contribution in [0.5, 0.6) is 5.75 Å². The maximum Gasteiger partial charge on any atom is 0.212 e. The van der Waals surface area contributed by atoms with Crippen molar-refractivity contribution < 1.29 is 4.74 Å². The molecule has 5 rings (SSSR count). The van der Waals surface area contributed by atoms with Gasteiger partial charge in [0.05, 0.1) is 7.11 Å². The molecule has 0 bridgehead atoms. The van der Waals surface area contributed by atoms with E-state index in [2.05, 4.69) is 46.8 Å². The van der Waals surface area contributed by atoms with Crippen LogP contribution in [-0.4, -0.2) is 22.0 Å². The van der Waals surface area contributed by atoms with Gasteiger partial charge in [0.25, 0.3) is 0 Å². The molecule has 0 spiro atoms. The summed E-state index contributed by atoms with van der Waals surface area (Å²) in [5.74, 6) is 1.57. The van der Waals surface area contributed by atoms with Gasteiger partial charge in [0.2, 0.25) is 5.16 Å². The smallest absolute Gasteiger partial charge is 0.212 e. The van der Waals surface area contributed by atoms with Crippen LogP contribution in [0.15, 0.2) is 59.8 Å². The quantitative estimate of drug-likeness (QED) is 0.490. The van der Waals surface area contributed by atoms with Gasteiger partial charge in [0.1, 0.15) is 11.1 Å². The Morgan fingerprint density at radius 1 is 1.11 bits per heavy atom. The third kappa shape index (κ3) is 2.80. The molecule has 0 saturated heterocycles. The molecular weight excluding hydrogens is 392 g/mol. The number of hydrogen-bond acceptors (Lipinski definition) is 5. The second kappa shape index (κ2) is 6.72. The molecule has 4 aromatic rings. The van der Waals surface area contributed by atoms with Gasteiger partial charge in [-0.25, -0.2) is 4.68 Å². The molecule has 140 valence electrons. The molecule has 3 aromatic carbocycles. The third-order valence-electron chi connectivity index (χ3n) is 4.95. The van der Waals surface area contributed by atoms with Crippen LogP contribution in [0.25, 0.3) is 22.2 Å². The van der Waals surface area contributed by atoms with Crippen LogP contribution in [0, 0.1) is 6.92 Å². The Labute approximate surface area is 171 Å². The topological polar surface area (TPSA) is 52.0 Å². The summed E-state index contributed by atoms with van der Waals surface area (Å²) in [6, 6.07) is 18.3. The van der Waals surface area contributed by atoms with Crippen LogP contribution in [0.3, 0.4) is 0 Å². The summed E-state index contributed by atoms with van der Waals surface area (Å²) < 4.78 is 7.16. The van der Waals surface area contributed by atoms with Crippen molar-refractivity contribution in [2.75, 3.05) is 12.5 Å². The molecule has 0 fully saturated rings. The van der Waals surface area contributed by atoms with Crippen molar-refractivity contribution in [1.82, 2.24) is 14.9 Å². The van der Waals surface area contributed by atoms with Gasteiger partial charge in [0, 0.05) is 16.1 Å². The van der Waals surface area contributed by atoms with Crippen LogP contribution in [0.4, 0.5) is 0 Å². The molecule has 7 heteroatoms. The number of nitrogens with zero attached hydrogens (tertiary/aromatic N) is 3. The fourth-order valence-corrected chi connectivity index (χ4v) is 4.81. The summed E-state index contributed by atoms with van der Waals surface area (Å²) in [6.07, 6.45) is 0. The maximum absolute atomic E-state index is 6.64. The van der Waals surface area contributed by atoms with Crippen LogP contribution in [-0.2, 0) is 0 Å².